The molecule has 3 aromatic rings. The summed E-state index contributed by atoms with van der Waals surface area (Å²) in [5.74, 6) is -0.365. The van der Waals surface area contributed by atoms with Gasteiger partial charge in [0.1, 0.15) is 0 Å². The Morgan fingerprint density at radius 3 is 2.59 bits per heavy atom. The Hall–Kier alpha value is -3.21. The SMILES string of the molecule is C[C@@H](OC(=O)c1cc(C2CC2)nc2ccccc12)C(=O)NCCc1ccccc1. The third kappa shape index (κ3) is 4.62. The number of rotatable bonds is 7. The third-order valence-electron chi connectivity index (χ3n) is 5.16. The summed E-state index contributed by atoms with van der Waals surface area (Å²) in [4.78, 5) is 29.9. The predicted octanol–water partition coefficient (Wildman–Crippen LogP) is 4.02. The quantitative estimate of drug-likeness (QED) is 0.621. The van der Waals surface area contributed by atoms with Crippen molar-refractivity contribution in [3.05, 3.63) is 77.5 Å². The molecule has 0 aliphatic heterocycles. The van der Waals surface area contributed by atoms with Crippen LogP contribution in [0.2, 0.25) is 0 Å². The molecule has 0 bridgehead atoms. The topological polar surface area (TPSA) is 68.3 Å². The molecular formula is C24H24N2O3. The second-order valence-electron chi connectivity index (χ2n) is 7.46. The van der Waals surface area contributed by atoms with Gasteiger partial charge in [-0.05, 0) is 43.9 Å². The molecular weight excluding hydrogens is 364 g/mol. The van der Waals surface area contributed by atoms with Crippen molar-refractivity contribution in [3.8, 4) is 0 Å². The van der Waals surface area contributed by atoms with Crippen molar-refractivity contribution in [2.24, 2.45) is 0 Å². The summed E-state index contributed by atoms with van der Waals surface area (Å²) >= 11 is 0. The number of carbonyl (C=O) groups excluding carboxylic acids is 2. The number of esters is 1. The van der Waals surface area contributed by atoms with E-state index in [0.29, 0.717) is 18.0 Å². The number of fused-ring (bicyclic) bond motifs is 1. The van der Waals surface area contributed by atoms with Crippen LogP contribution in [0.15, 0.2) is 60.7 Å². The van der Waals surface area contributed by atoms with Crippen molar-refractivity contribution < 1.29 is 14.3 Å². The number of nitrogens with one attached hydrogen (secondary N) is 1. The highest BCUT2D eigenvalue weighted by Crippen LogP contribution is 2.40. The Balaban J connectivity index is 1.41. The molecule has 0 saturated heterocycles. The van der Waals surface area contributed by atoms with Gasteiger partial charge in [0.2, 0.25) is 0 Å². The Kier molecular flexibility index (Phi) is 5.56. The molecule has 2 aromatic carbocycles. The predicted molar refractivity (Wildman–Crippen MR) is 112 cm³/mol. The molecule has 4 rings (SSSR count). The average molecular weight is 388 g/mol. The Bertz CT molecular complexity index is 1030. The van der Waals surface area contributed by atoms with Crippen LogP contribution in [-0.2, 0) is 16.0 Å². The van der Waals surface area contributed by atoms with E-state index in [4.69, 9.17) is 4.74 Å². The van der Waals surface area contributed by atoms with Crippen molar-refractivity contribution in [2.45, 2.75) is 38.2 Å². The number of carbonyl (C=O) groups is 2. The van der Waals surface area contributed by atoms with E-state index in [1.807, 2.05) is 60.7 Å². The number of nitrogens with zero attached hydrogens (tertiary/aromatic N) is 1. The maximum absolute atomic E-state index is 12.8. The van der Waals surface area contributed by atoms with Crippen LogP contribution in [-0.4, -0.2) is 29.5 Å². The van der Waals surface area contributed by atoms with E-state index in [9.17, 15) is 9.59 Å². The molecule has 5 nitrogen and oxygen atoms in total. The lowest BCUT2D eigenvalue weighted by atomic mass is 10.1. The second-order valence-corrected chi connectivity index (χ2v) is 7.46. The molecule has 1 heterocycles. The smallest absolute Gasteiger partial charge is 0.339 e. The minimum Gasteiger partial charge on any atom is -0.449 e. The summed E-state index contributed by atoms with van der Waals surface area (Å²) in [5.41, 5.74) is 3.33. The van der Waals surface area contributed by atoms with E-state index in [-0.39, 0.29) is 5.91 Å². The van der Waals surface area contributed by atoms with Gasteiger partial charge >= 0.3 is 5.97 Å². The van der Waals surface area contributed by atoms with Crippen molar-refractivity contribution in [1.82, 2.24) is 10.3 Å². The van der Waals surface area contributed by atoms with Crippen LogP contribution in [0.1, 0.15) is 47.3 Å². The highest BCUT2D eigenvalue weighted by atomic mass is 16.5. The number of ether oxygens (including phenoxy) is 1. The molecule has 29 heavy (non-hydrogen) atoms. The largest absolute Gasteiger partial charge is 0.449 e. The second kappa shape index (κ2) is 8.43. The fourth-order valence-corrected chi connectivity index (χ4v) is 3.35. The van der Waals surface area contributed by atoms with Crippen LogP contribution >= 0.6 is 0 Å². The van der Waals surface area contributed by atoms with Gasteiger partial charge in [0.25, 0.3) is 5.91 Å². The summed E-state index contributed by atoms with van der Waals surface area (Å²) in [5, 5.41) is 3.58. The molecule has 1 aliphatic rings. The summed E-state index contributed by atoms with van der Waals surface area (Å²) < 4.78 is 5.49. The number of amides is 1. The summed E-state index contributed by atoms with van der Waals surface area (Å²) in [6.45, 7) is 2.09. The maximum Gasteiger partial charge on any atom is 0.339 e. The van der Waals surface area contributed by atoms with Crippen LogP contribution in [0.5, 0.6) is 0 Å². The summed E-state index contributed by atoms with van der Waals surface area (Å²) in [6.07, 6.45) is 2.06. The monoisotopic (exact) mass is 388 g/mol. The molecule has 148 valence electrons. The molecule has 0 unspecified atom stereocenters. The van der Waals surface area contributed by atoms with Crippen LogP contribution in [0, 0.1) is 0 Å². The fraction of sp³-hybridized carbons (Fsp3) is 0.292. The first kappa shape index (κ1) is 19.1. The number of aromatic nitrogens is 1. The van der Waals surface area contributed by atoms with Gasteiger partial charge in [-0.25, -0.2) is 4.79 Å². The van der Waals surface area contributed by atoms with Gasteiger partial charge in [-0.1, -0.05) is 48.5 Å². The lowest BCUT2D eigenvalue weighted by Gasteiger charge is -2.15. The zero-order chi connectivity index (χ0) is 20.2. The molecule has 1 amide bonds. The Morgan fingerprint density at radius 1 is 1.10 bits per heavy atom. The first-order chi connectivity index (χ1) is 14.1. The van der Waals surface area contributed by atoms with Crippen LogP contribution < -0.4 is 5.32 Å². The molecule has 0 spiro atoms. The number of pyridine rings is 1. The maximum atomic E-state index is 12.8. The number of para-hydroxylation sites is 1. The minimum absolute atomic E-state index is 0.296. The number of benzene rings is 2. The normalized spacial score (nSPS) is 14.4. The third-order valence-corrected chi connectivity index (χ3v) is 5.16. The highest BCUT2D eigenvalue weighted by Gasteiger charge is 2.28. The van der Waals surface area contributed by atoms with E-state index in [1.54, 1.807) is 6.92 Å². The molecule has 5 heteroatoms. The Morgan fingerprint density at radius 2 is 1.83 bits per heavy atom. The molecule has 1 atom stereocenters. The average Bonchev–Trinajstić information content (AvgIpc) is 3.59. The fourth-order valence-electron chi connectivity index (χ4n) is 3.35. The van der Waals surface area contributed by atoms with Crippen LogP contribution in [0.4, 0.5) is 0 Å². The molecule has 1 N–H and O–H groups in total. The molecule has 0 radical (unpaired) electrons. The first-order valence-corrected chi connectivity index (χ1v) is 10.0. The number of hydrogen-bond donors (Lipinski definition) is 1. The lowest BCUT2D eigenvalue weighted by molar-refractivity contribution is -0.129. The summed E-state index contributed by atoms with van der Waals surface area (Å²) in [6, 6.07) is 19.3. The number of hydrogen-bond acceptors (Lipinski definition) is 4. The van der Waals surface area contributed by atoms with Gasteiger partial charge in [0.05, 0.1) is 11.1 Å². The van der Waals surface area contributed by atoms with E-state index >= 15 is 0 Å². The summed E-state index contributed by atoms with van der Waals surface area (Å²) in [7, 11) is 0. The van der Waals surface area contributed by atoms with E-state index < -0.39 is 12.1 Å². The standard InChI is InChI=1S/C24H24N2O3/c1-16(23(27)25-14-13-17-7-3-2-4-8-17)29-24(28)20-15-22(18-11-12-18)26-21-10-6-5-9-19(20)21/h2-10,15-16,18H,11-14H2,1H3,(H,25,27)/t16-/m1/s1. The van der Waals surface area contributed by atoms with Gasteiger partial charge in [-0.2, -0.15) is 0 Å². The molecule has 1 fully saturated rings. The molecule has 1 aliphatic carbocycles. The first-order valence-electron chi connectivity index (χ1n) is 10.0. The minimum atomic E-state index is -0.866. The van der Waals surface area contributed by atoms with E-state index in [1.165, 1.54) is 0 Å². The molecule has 1 saturated carbocycles. The van der Waals surface area contributed by atoms with E-state index in [0.717, 1.165) is 41.4 Å². The zero-order valence-corrected chi connectivity index (χ0v) is 16.4. The Labute approximate surface area is 170 Å². The van der Waals surface area contributed by atoms with Crippen molar-refractivity contribution >= 4 is 22.8 Å². The molecule has 1 aromatic heterocycles. The lowest BCUT2D eigenvalue weighted by Crippen LogP contribution is -2.37. The van der Waals surface area contributed by atoms with Gasteiger partial charge in [-0.3, -0.25) is 9.78 Å². The highest BCUT2D eigenvalue weighted by molar-refractivity contribution is 6.04. The van der Waals surface area contributed by atoms with Gasteiger partial charge in [0, 0.05) is 23.5 Å². The van der Waals surface area contributed by atoms with Gasteiger partial charge in [0.15, 0.2) is 6.10 Å². The van der Waals surface area contributed by atoms with Gasteiger partial charge in [-0.15, -0.1) is 0 Å². The van der Waals surface area contributed by atoms with Crippen molar-refractivity contribution in [1.29, 1.82) is 0 Å². The van der Waals surface area contributed by atoms with Gasteiger partial charge < -0.3 is 10.1 Å². The van der Waals surface area contributed by atoms with Crippen molar-refractivity contribution in [3.63, 3.8) is 0 Å². The van der Waals surface area contributed by atoms with Crippen LogP contribution in [0.25, 0.3) is 10.9 Å². The van der Waals surface area contributed by atoms with Crippen molar-refractivity contribution in [2.75, 3.05) is 6.54 Å². The zero-order valence-electron chi connectivity index (χ0n) is 16.4. The van der Waals surface area contributed by atoms with E-state index in [2.05, 4.69) is 10.3 Å². The van der Waals surface area contributed by atoms with Crippen LogP contribution in [0.3, 0.4) is 0 Å².